The minimum absolute atomic E-state index is 0.176. The third kappa shape index (κ3) is 4.94. The van der Waals surface area contributed by atoms with E-state index >= 15 is 0 Å². The van der Waals surface area contributed by atoms with Gasteiger partial charge in [-0.15, -0.1) is 17.9 Å². The second-order valence-electron chi connectivity index (χ2n) is 4.92. The first-order valence-electron chi connectivity index (χ1n) is 7.15. The Labute approximate surface area is 152 Å². The van der Waals surface area contributed by atoms with Gasteiger partial charge in [-0.05, 0) is 40.2 Å². The van der Waals surface area contributed by atoms with Crippen LogP contribution < -0.4 is 10.5 Å². The normalized spacial score (nSPS) is 10.2. The number of nitrogens with two attached hydrogens (primary N) is 1. The van der Waals surface area contributed by atoms with Crippen LogP contribution in [0.1, 0.15) is 15.2 Å². The minimum Gasteiger partial charge on any atom is -0.483 e. The van der Waals surface area contributed by atoms with Crippen LogP contribution in [-0.4, -0.2) is 29.9 Å². The lowest BCUT2D eigenvalue weighted by Gasteiger charge is -2.21. The third-order valence-electron chi connectivity index (χ3n) is 3.18. The number of primary amides is 1. The predicted molar refractivity (Wildman–Crippen MR) is 98.1 cm³/mol. The molecule has 0 spiro atoms. The molecular weight excluding hydrogens is 392 g/mol. The lowest BCUT2D eigenvalue weighted by atomic mass is 10.2. The molecule has 0 radical (unpaired) electrons. The van der Waals surface area contributed by atoms with Gasteiger partial charge in [-0.1, -0.05) is 18.2 Å². The van der Waals surface area contributed by atoms with Crippen LogP contribution in [-0.2, 0) is 11.3 Å². The van der Waals surface area contributed by atoms with Crippen molar-refractivity contribution in [3.05, 3.63) is 63.3 Å². The summed E-state index contributed by atoms with van der Waals surface area (Å²) >= 11 is 4.97. The number of rotatable bonds is 8. The second kappa shape index (κ2) is 8.65. The van der Waals surface area contributed by atoms with Gasteiger partial charge in [0.15, 0.2) is 6.61 Å². The van der Waals surface area contributed by atoms with E-state index in [1.165, 1.54) is 0 Å². The van der Waals surface area contributed by atoms with E-state index in [0.717, 1.165) is 8.66 Å². The van der Waals surface area contributed by atoms with Crippen molar-refractivity contribution in [2.24, 2.45) is 5.73 Å². The van der Waals surface area contributed by atoms with Crippen molar-refractivity contribution in [1.82, 2.24) is 4.90 Å². The Morgan fingerprint density at radius 2 is 2.04 bits per heavy atom. The largest absolute Gasteiger partial charge is 0.483 e. The SMILES string of the molecule is C=CCN(Cc1ccc(Br)s1)C(=O)COc1ccccc1C(N)=O. The van der Waals surface area contributed by atoms with Gasteiger partial charge in [-0.3, -0.25) is 9.59 Å². The van der Waals surface area contributed by atoms with Gasteiger partial charge in [-0.2, -0.15) is 0 Å². The molecule has 1 heterocycles. The lowest BCUT2D eigenvalue weighted by Crippen LogP contribution is -2.34. The molecule has 0 bridgehead atoms. The average Bonchev–Trinajstić information content (AvgIpc) is 2.97. The number of thiophene rings is 1. The van der Waals surface area contributed by atoms with Gasteiger partial charge in [0.1, 0.15) is 5.75 Å². The van der Waals surface area contributed by atoms with E-state index in [0.29, 0.717) is 18.8 Å². The van der Waals surface area contributed by atoms with Gasteiger partial charge < -0.3 is 15.4 Å². The maximum atomic E-state index is 12.4. The number of hydrogen-bond donors (Lipinski definition) is 1. The van der Waals surface area contributed by atoms with E-state index in [2.05, 4.69) is 22.5 Å². The maximum absolute atomic E-state index is 12.4. The Balaban J connectivity index is 2.03. The summed E-state index contributed by atoms with van der Waals surface area (Å²) < 4.78 is 6.51. The molecular formula is C17H17BrN2O3S. The van der Waals surface area contributed by atoms with Crippen molar-refractivity contribution in [1.29, 1.82) is 0 Å². The van der Waals surface area contributed by atoms with Crippen LogP contribution in [0.4, 0.5) is 0 Å². The monoisotopic (exact) mass is 408 g/mol. The zero-order chi connectivity index (χ0) is 17.5. The highest BCUT2D eigenvalue weighted by Crippen LogP contribution is 2.23. The molecule has 0 unspecified atom stereocenters. The van der Waals surface area contributed by atoms with Gasteiger partial charge in [-0.25, -0.2) is 0 Å². The zero-order valence-corrected chi connectivity index (χ0v) is 15.3. The third-order valence-corrected chi connectivity index (χ3v) is 4.79. The molecule has 0 saturated heterocycles. The standard InChI is InChI=1S/C17H17BrN2O3S/c1-2-9-20(10-12-7-8-15(18)24-12)16(21)11-23-14-6-4-3-5-13(14)17(19)22/h2-8H,1,9-11H2,(H2,19,22). The van der Waals surface area contributed by atoms with Gasteiger partial charge >= 0.3 is 0 Å². The zero-order valence-electron chi connectivity index (χ0n) is 12.9. The summed E-state index contributed by atoms with van der Waals surface area (Å²) in [6, 6.07) is 10.5. The molecule has 2 amide bonds. The van der Waals surface area contributed by atoms with Crippen LogP contribution in [0.15, 0.2) is 52.8 Å². The number of nitrogens with zero attached hydrogens (tertiary/aromatic N) is 1. The molecule has 0 atom stereocenters. The average molecular weight is 409 g/mol. The number of hydrogen-bond acceptors (Lipinski definition) is 4. The highest BCUT2D eigenvalue weighted by Gasteiger charge is 2.16. The van der Waals surface area contributed by atoms with Crippen LogP contribution >= 0.6 is 27.3 Å². The summed E-state index contributed by atoms with van der Waals surface area (Å²) in [5.41, 5.74) is 5.55. The first kappa shape index (κ1) is 18.2. The fraction of sp³-hybridized carbons (Fsp3) is 0.176. The molecule has 0 fully saturated rings. The van der Waals surface area contributed by atoms with Crippen molar-refractivity contribution in [3.8, 4) is 5.75 Å². The highest BCUT2D eigenvalue weighted by molar-refractivity contribution is 9.11. The summed E-state index contributed by atoms with van der Waals surface area (Å²) in [4.78, 5) is 26.5. The molecule has 24 heavy (non-hydrogen) atoms. The molecule has 7 heteroatoms. The van der Waals surface area contributed by atoms with Crippen LogP contribution in [0.3, 0.4) is 0 Å². The van der Waals surface area contributed by atoms with Gasteiger partial charge in [0.05, 0.1) is 15.9 Å². The van der Waals surface area contributed by atoms with Crippen LogP contribution in [0.5, 0.6) is 5.75 Å². The minimum atomic E-state index is -0.593. The number of carbonyl (C=O) groups is 2. The van der Waals surface area contributed by atoms with E-state index in [1.54, 1.807) is 46.6 Å². The van der Waals surface area contributed by atoms with Gasteiger partial charge in [0.2, 0.25) is 0 Å². The van der Waals surface area contributed by atoms with E-state index in [1.807, 2.05) is 12.1 Å². The number of para-hydroxylation sites is 1. The Kier molecular flexibility index (Phi) is 6.57. The fourth-order valence-electron chi connectivity index (χ4n) is 2.06. The highest BCUT2D eigenvalue weighted by atomic mass is 79.9. The van der Waals surface area contributed by atoms with Crippen LogP contribution in [0, 0.1) is 0 Å². The molecule has 0 aliphatic heterocycles. The Morgan fingerprint density at radius 3 is 2.67 bits per heavy atom. The number of benzene rings is 1. The summed E-state index contributed by atoms with van der Waals surface area (Å²) in [5, 5.41) is 0. The lowest BCUT2D eigenvalue weighted by molar-refractivity contribution is -0.133. The van der Waals surface area contributed by atoms with E-state index in [9.17, 15) is 9.59 Å². The van der Waals surface area contributed by atoms with E-state index < -0.39 is 5.91 Å². The molecule has 2 rings (SSSR count). The van der Waals surface area contributed by atoms with Crippen molar-refractivity contribution in [2.75, 3.05) is 13.2 Å². The summed E-state index contributed by atoms with van der Waals surface area (Å²) in [5.74, 6) is -0.487. The second-order valence-corrected chi connectivity index (χ2v) is 7.47. The Morgan fingerprint density at radius 1 is 1.29 bits per heavy atom. The van der Waals surface area contributed by atoms with E-state index in [4.69, 9.17) is 10.5 Å². The molecule has 126 valence electrons. The number of amides is 2. The number of carbonyl (C=O) groups excluding carboxylic acids is 2. The van der Waals surface area contributed by atoms with E-state index in [-0.39, 0.29) is 18.1 Å². The molecule has 1 aromatic carbocycles. The predicted octanol–water partition coefficient (Wildman–Crippen LogP) is 3.20. The van der Waals surface area contributed by atoms with Crippen molar-refractivity contribution >= 4 is 39.1 Å². The van der Waals surface area contributed by atoms with Crippen LogP contribution in [0.25, 0.3) is 0 Å². The first-order chi connectivity index (χ1) is 11.5. The molecule has 2 aromatic rings. The van der Waals surface area contributed by atoms with Crippen molar-refractivity contribution < 1.29 is 14.3 Å². The van der Waals surface area contributed by atoms with Gasteiger partial charge in [0.25, 0.3) is 11.8 Å². The Bertz CT molecular complexity index is 745. The smallest absolute Gasteiger partial charge is 0.261 e. The topological polar surface area (TPSA) is 72.6 Å². The number of halogens is 1. The molecule has 2 N–H and O–H groups in total. The summed E-state index contributed by atoms with van der Waals surface area (Å²) in [6.45, 7) is 4.39. The quantitative estimate of drug-likeness (QED) is 0.681. The van der Waals surface area contributed by atoms with Crippen molar-refractivity contribution in [2.45, 2.75) is 6.54 Å². The number of ether oxygens (including phenoxy) is 1. The first-order valence-corrected chi connectivity index (χ1v) is 8.76. The van der Waals surface area contributed by atoms with Crippen molar-refractivity contribution in [3.63, 3.8) is 0 Å². The van der Waals surface area contributed by atoms with Crippen LogP contribution in [0.2, 0.25) is 0 Å². The maximum Gasteiger partial charge on any atom is 0.261 e. The molecule has 0 aliphatic rings. The molecule has 0 aliphatic carbocycles. The fourth-order valence-corrected chi connectivity index (χ4v) is 3.56. The summed E-state index contributed by atoms with van der Waals surface area (Å²) in [6.07, 6.45) is 1.66. The molecule has 1 aromatic heterocycles. The van der Waals surface area contributed by atoms with Gasteiger partial charge in [0, 0.05) is 11.4 Å². The molecule has 5 nitrogen and oxygen atoms in total. The summed E-state index contributed by atoms with van der Waals surface area (Å²) in [7, 11) is 0. The molecule has 0 saturated carbocycles. The Hall–Kier alpha value is -2.12.